The molecule has 3 N–H and O–H groups in total. The van der Waals surface area contributed by atoms with E-state index < -0.39 is 35.2 Å². The Labute approximate surface area is 191 Å². The van der Waals surface area contributed by atoms with Gasteiger partial charge < -0.3 is 10.6 Å². The summed E-state index contributed by atoms with van der Waals surface area (Å²) in [5.74, 6) is -1.55. The molecule has 2 aromatic carbocycles. The highest BCUT2D eigenvalue weighted by molar-refractivity contribution is 6.07. The number of urea groups is 2. The molecule has 1 aliphatic rings. The number of benzene rings is 2. The summed E-state index contributed by atoms with van der Waals surface area (Å²) in [7, 11) is 0. The molecular weight excluding hydrogens is 427 g/mol. The van der Waals surface area contributed by atoms with Crippen molar-refractivity contribution >= 4 is 23.9 Å². The van der Waals surface area contributed by atoms with Crippen molar-refractivity contribution in [3.8, 4) is 0 Å². The predicted octanol–water partition coefficient (Wildman–Crippen LogP) is 3.18. The number of carbonyl (C=O) groups is 4. The first kappa shape index (κ1) is 23.9. The maximum Gasteiger partial charge on any atom is 0.325 e. The molecule has 0 bridgehead atoms. The van der Waals surface area contributed by atoms with Crippen molar-refractivity contribution in [1.29, 1.82) is 0 Å². The molecule has 9 heteroatoms. The third-order valence-corrected chi connectivity index (χ3v) is 5.53. The molecule has 8 nitrogen and oxygen atoms in total. The highest BCUT2D eigenvalue weighted by atomic mass is 19.1. The Hall–Kier alpha value is -3.75. The monoisotopic (exact) mass is 454 g/mol. The van der Waals surface area contributed by atoms with Gasteiger partial charge >= 0.3 is 12.1 Å². The number of nitrogens with zero attached hydrogens (tertiary/aromatic N) is 1. The average Bonchev–Trinajstić information content (AvgIpc) is 3.05. The van der Waals surface area contributed by atoms with Gasteiger partial charge in [0.25, 0.3) is 5.91 Å². The van der Waals surface area contributed by atoms with Gasteiger partial charge in [0.1, 0.15) is 11.4 Å². The zero-order valence-corrected chi connectivity index (χ0v) is 18.4. The highest BCUT2D eigenvalue weighted by Crippen LogP contribution is 2.34. The molecule has 174 valence electrons. The molecule has 3 rings (SSSR count). The van der Waals surface area contributed by atoms with Crippen molar-refractivity contribution in [2.75, 3.05) is 6.54 Å². The number of rotatable bonds is 9. The first-order valence-corrected chi connectivity index (χ1v) is 10.9. The quantitative estimate of drug-likeness (QED) is 0.506. The molecule has 1 atom stereocenters. The summed E-state index contributed by atoms with van der Waals surface area (Å²) >= 11 is 0. The maximum absolute atomic E-state index is 13.4. The van der Waals surface area contributed by atoms with Crippen LogP contribution in [-0.4, -0.2) is 35.3 Å². The summed E-state index contributed by atoms with van der Waals surface area (Å²) in [6, 6.07) is 13.4. The Morgan fingerprint density at radius 3 is 2.42 bits per heavy atom. The van der Waals surface area contributed by atoms with Crippen molar-refractivity contribution < 1.29 is 23.6 Å². The van der Waals surface area contributed by atoms with Gasteiger partial charge in [0.2, 0.25) is 5.91 Å². The number of unbranched alkanes of at least 4 members (excludes halogenated alkanes) is 1. The van der Waals surface area contributed by atoms with Crippen molar-refractivity contribution in [3.05, 3.63) is 71.5 Å². The van der Waals surface area contributed by atoms with Gasteiger partial charge in [-0.3, -0.25) is 19.8 Å². The van der Waals surface area contributed by atoms with E-state index in [1.54, 1.807) is 0 Å². The lowest BCUT2D eigenvalue weighted by molar-refractivity contribution is -0.132. The number of hydrogen-bond acceptors (Lipinski definition) is 4. The molecule has 2 aromatic rings. The van der Waals surface area contributed by atoms with Crippen molar-refractivity contribution in [2.45, 2.75) is 44.7 Å². The molecule has 1 unspecified atom stereocenters. The molecule has 1 saturated heterocycles. The standard InChI is InChI=1S/C24H27FN4O4/c1-2-3-14-24(18-9-11-19(25)12-10-18)21(31)29(23(33)28-24)15-13-20(30)27-22(32)26-16-17-7-5-4-6-8-17/h4-12H,2-3,13-16H2,1H3,(H,28,33)(H2,26,27,30,32). The lowest BCUT2D eigenvalue weighted by Gasteiger charge is -2.27. The normalized spacial score (nSPS) is 17.6. The van der Waals surface area contributed by atoms with E-state index in [0.717, 1.165) is 16.9 Å². The number of imide groups is 2. The fourth-order valence-electron chi connectivity index (χ4n) is 3.74. The van der Waals surface area contributed by atoms with E-state index in [2.05, 4.69) is 16.0 Å². The lowest BCUT2D eigenvalue weighted by Crippen LogP contribution is -2.44. The van der Waals surface area contributed by atoms with Crippen LogP contribution in [0.15, 0.2) is 54.6 Å². The smallest absolute Gasteiger partial charge is 0.325 e. The second-order valence-electron chi connectivity index (χ2n) is 7.87. The van der Waals surface area contributed by atoms with E-state index in [9.17, 15) is 23.6 Å². The highest BCUT2D eigenvalue weighted by Gasteiger charge is 2.51. The van der Waals surface area contributed by atoms with Gasteiger partial charge in [0.05, 0.1) is 0 Å². The van der Waals surface area contributed by atoms with Crippen LogP contribution in [0.4, 0.5) is 14.0 Å². The van der Waals surface area contributed by atoms with Gasteiger partial charge in [-0.1, -0.05) is 62.2 Å². The molecule has 0 aromatic heterocycles. The van der Waals surface area contributed by atoms with E-state index in [-0.39, 0.29) is 19.5 Å². The molecule has 6 amide bonds. The average molecular weight is 455 g/mol. The molecule has 1 heterocycles. The summed E-state index contributed by atoms with van der Waals surface area (Å²) < 4.78 is 13.4. The van der Waals surface area contributed by atoms with E-state index in [1.807, 2.05) is 37.3 Å². The van der Waals surface area contributed by atoms with Crippen LogP contribution < -0.4 is 16.0 Å². The topological polar surface area (TPSA) is 108 Å². The fraction of sp³-hybridized carbons (Fsp3) is 0.333. The first-order valence-electron chi connectivity index (χ1n) is 10.9. The van der Waals surface area contributed by atoms with Crippen LogP contribution in [-0.2, 0) is 21.7 Å². The van der Waals surface area contributed by atoms with E-state index in [4.69, 9.17) is 0 Å². The van der Waals surface area contributed by atoms with Crippen molar-refractivity contribution in [2.24, 2.45) is 0 Å². The number of nitrogens with one attached hydrogen (secondary N) is 3. The summed E-state index contributed by atoms with van der Waals surface area (Å²) in [5.41, 5.74) is 0.0659. The van der Waals surface area contributed by atoms with E-state index in [0.29, 0.717) is 18.4 Å². The Morgan fingerprint density at radius 2 is 1.76 bits per heavy atom. The van der Waals surface area contributed by atoms with Crippen LogP contribution in [0.25, 0.3) is 0 Å². The Balaban J connectivity index is 1.59. The summed E-state index contributed by atoms with van der Waals surface area (Å²) in [6.45, 7) is 2.03. The summed E-state index contributed by atoms with van der Waals surface area (Å²) in [6.07, 6.45) is 1.58. The summed E-state index contributed by atoms with van der Waals surface area (Å²) in [5, 5.41) is 7.52. The Kier molecular flexibility index (Phi) is 7.76. The minimum atomic E-state index is -1.30. The van der Waals surface area contributed by atoms with Gasteiger partial charge in [0.15, 0.2) is 0 Å². The molecule has 0 aliphatic carbocycles. The number of hydrogen-bond donors (Lipinski definition) is 3. The van der Waals surface area contributed by atoms with Crippen LogP contribution in [0.3, 0.4) is 0 Å². The molecule has 0 spiro atoms. The van der Waals surface area contributed by atoms with Gasteiger partial charge in [-0.25, -0.2) is 14.0 Å². The Morgan fingerprint density at radius 1 is 1.06 bits per heavy atom. The SMILES string of the molecule is CCCCC1(c2ccc(F)cc2)NC(=O)N(CCC(=O)NC(=O)NCc2ccccc2)C1=O. The number of carbonyl (C=O) groups excluding carboxylic acids is 4. The molecule has 0 saturated carbocycles. The lowest BCUT2D eigenvalue weighted by atomic mass is 9.84. The summed E-state index contributed by atoms with van der Waals surface area (Å²) in [4.78, 5) is 51.0. The minimum Gasteiger partial charge on any atom is -0.334 e. The van der Waals surface area contributed by atoms with Crippen LogP contribution in [0, 0.1) is 5.82 Å². The molecule has 1 aliphatic heterocycles. The van der Waals surface area contributed by atoms with Crippen molar-refractivity contribution in [3.63, 3.8) is 0 Å². The number of halogens is 1. The van der Waals surface area contributed by atoms with E-state index >= 15 is 0 Å². The Bertz CT molecular complexity index is 1010. The van der Waals surface area contributed by atoms with Crippen molar-refractivity contribution in [1.82, 2.24) is 20.9 Å². The van der Waals surface area contributed by atoms with E-state index in [1.165, 1.54) is 24.3 Å². The second-order valence-corrected chi connectivity index (χ2v) is 7.87. The van der Waals surface area contributed by atoms with Crippen LogP contribution in [0.1, 0.15) is 43.7 Å². The minimum absolute atomic E-state index is 0.183. The van der Waals surface area contributed by atoms with Crippen LogP contribution in [0.5, 0.6) is 0 Å². The fourth-order valence-corrected chi connectivity index (χ4v) is 3.74. The third kappa shape index (κ3) is 5.74. The second kappa shape index (κ2) is 10.7. The zero-order chi connectivity index (χ0) is 23.8. The molecule has 0 radical (unpaired) electrons. The molecule has 33 heavy (non-hydrogen) atoms. The largest absolute Gasteiger partial charge is 0.334 e. The predicted molar refractivity (Wildman–Crippen MR) is 119 cm³/mol. The molecule has 1 fully saturated rings. The van der Waals surface area contributed by atoms with Crippen LogP contribution in [0.2, 0.25) is 0 Å². The van der Waals surface area contributed by atoms with Gasteiger partial charge in [-0.05, 0) is 29.7 Å². The van der Waals surface area contributed by atoms with Crippen LogP contribution >= 0.6 is 0 Å². The maximum atomic E-state index is 13.4. The third-order valence-electron chi connectivity index (χ3n) is 5.53. The van der Waals surface area contributed by atoms with Gasteiger partial charge in [-0.2, -0.15) is 0 Å². The number of amides is 6. The molecular formula is C24H27FN4O4. The van der Waals surface area contributed by atoms with Gasteiger partial charge in [-0.15, -0.1) is 0 Å². The van der Waals surface area contributed by atoms with Gasteiger partial charge in [0, 0.05) is 19.5 Å². The first-order chi connectivity index (χ1) is 15.9. The zero-order valence-electron chi connectivity index (χ0n) is 18.4.